The van der Waals surface area contributed by atoms with Gasteiger partial charge in [0.05, 0.1) is 0 Å². The molecule has 0 saturated carbocycles. The van der Waals surface area contributed by atoms with Crippen LogP contribution in [0, 0.1) is 5.92 Å². The van der Waals surface area contributed by atoms with Crippen molar-refractivity contribution in [3.8, 4) is 0 Å². The third kappa shape index (κ3) is 5.26. The molecule has 1 amide bonds. The molecule has 1 aliphatic heterocycles. The lowest BCUT2D eigenvalue weighted by Crippen LogP contribution is -2.52. The monoisotopic (exact) mass is 262 g/mol. The zero-order valence-corrected chi connectivity index (χ0v) is 12.2. The molecule has 0 aliphatic carbocycles. The highest BCUT2D eigenvalue weighted by Crippen LogP contribution is 2.17. The van der Waals surface area contributed by atoms with Crippen molar-refractivity contribution >= 4 is 18.3 Å². The molecule has 1 N–H and O–H groups in total. The van der Waals surface area contributed by atoms with Crippen molar-refractivity contribution < 1.29 is 4.79 Å². The van der Waals surface area contributed by atoms with Gasteiger partial charge in [0.2, 0.25) is 5.91 Å². The lowest BCUT2D eigenvalue weighted by molar-refractivity contribution is -0.137. The summed E-state index contributed by atoms with van der Waals surface area (Å²) in [7, 11) is 0. The Bertz CT molecular complexity index is 211. The van der Waals surface area contributed by atoms with Crippen molar-refractivity contribution in [2.75, 3.05) is 19.6 Å². The van der Waals surface area contributed by atoms with E-state index in [1.807, 2.05) is 0 Å². The molecule has 0 unspecified atom stereocenters. The highest BCUT2D eigenvalue weighted by Gasteiger charge is 2.25. The molecule has 1 heterocycles. The number of hydrogen-bond acceptors (Lipinski definition) is 2. The molecule has 0 aromatic carbocycles. The van der Waals surface area contributed by atoms with Crippen molar-refractivity contribution in [2.24, 2.45) is 5.92 Å². The predicted octanol–water partition coefficient (Wildman–Crippen LogP) is 2.44. The van der Waals surface area contributed by atoms with E-state index in [-0.39, 0.29) is 18.3 Å². The lowest BCUT2D eigenvalue weighted by atomic mass is 9.96. The van der Waals surface area contributed by atoms with Crippen LogP contribution in [0.3, 0.4) is 0 Å². The molecule has 4 heteroatoms. The molecule has 0 radical (unpaired) electrons. The highest BCUT2D eigenvalue weighted by molar-refractivity contribution is 5.85. The quantitative estimate of drug-likeness (QED) is 0.826. The van der Waals surface area contributed by atoms with Gasteiger partial charge in [0.1, 0.15) is 0 Å². The minimum absolute atomic E-state index is 0. The first kappa shape index (κ1) is 16.7. The topological polar surface area (TPSA) is 32.3 Å². The Kier molecular flexibility index (Phi) is 8.61. The van der Waals surface area contributed by atoms with Crippen molar-refractivity contribution in [1.82, 2.24) is 10.2 Å². The molecule has 102 valence electrons. The lowest BCUT2D eigenvalue weighted by Gasteiger charge is -2.34. The van der Waals surface area contributed by atoms with Gasteiger partial charge in [-0.15, -0.1) is 12.4 Å². The van der Waals surface area contributed by atoms with E-state index in [1.54, 1.807) is 0 Å². The summed E-state index contributed by atoms with van der Waals surface area (Å²) in [5, 5.41) is 3.38. The van der Waals surface area contributed by atoms with Gasteiger partial charge < -0.3 is 10.2 Å². The van der Waals surface area contributed by atoms with E-state index in [4.69, 9.17) is 0 Å². The molecule has 1 aliphatic rings. The average molecular weight is 263 g/mol. The van der Waals surface area contributed by atoms with E-state index >= 15 is 0 Å². The summed E-state index contributed by atoms with van der Waals surface area (Å²) in [6.45, 7) is 9.18. The van der Waals surface area contributed by atoms with Crippen LogP contribution in [0.5, 0.6) is 0 Å². The number of rotatable bonds is 5. The van der Waals surface area contributed by atoms with Crippen molar-refractivity contribution in [3.05, 3.63) is 0 Å². The molecular weight excluding hydrogens is 236 g/mol. The first-order valence-electron chi connectivity index (χ1n) is 6.71. The summed E-state index contributed by atoms with van der Waals surface area (Å²) in [5.74, 6) is 0.650. The largest absolute Gasteiger partial charge is 0.340 e. The number of nitrogens with one attached hydrogen (secondary N) is 1. The zero-order chi connectivity index (χ0) is 12.0. The second-order valence-corrected chi connectivity index (χ2v) is 4.91. The Hall–Kier alpha value is -0.280. The summed E-state index contributed by atoms with van der Waals surface area (Å²) in [6.07, 6.45) is 4.31. The van der Waals surface area contributed by atoms with E-state index in [9.17, 15) is 4.79 Å². The minimum atomic E-state index is 0. The van der Waals surface area contributed by atoms with Crippen LogP contribution >= 0.6 is 12.4 Å². The molecule has 0 spiro atoms. The first-order valence-corrected chi connectivity index (χ1v) is 6.71. The molecule has 1 fully saturated rings. The summed E-state index contributed by atoms with van der Waals surface area (Å²) in [5.41, 5.74) is 0. The smallest absolute Gasteiger partial charge is 0.225 e. The van der Waals surface area contributed by atoms with Crippen LogP contribution < -0.4 is 5.32 Å². The van der Waals surface area contributed by atoms with Crippen LogP contribution in [-0.4, -0.2) is 36.5 Å². The number of piperazine rings is 1. The maximum absolute atomic E-state index is 12.3. The molecule has 0 aromatic rings. The van der Waals surface area contributed by atoms with Gasteiger partial charge in [-0.05, 0) is 19.8 Å². The van der Waals surface area contributed by atoms with Gasteiger partial charge in [0, 0.05) is 31.6 Å². The molecule has 0 bridgehead atoms. The molecule has 1 saturated heterocycles. The SMILES string of the molecule is CCCC(CCC)C(=O)N1CCN[C@H](C)C1.Cl. The predicted molar refractivity (Wildman–Crippen MR) is 74.6 cm³/mol. The van der Waals surface area contributed by atoms with Crippen molar-refractivity contribution in [3.63, 3.8) is 0 Å². The van der Waals surface area contributed by atoms with Crippen molar-refractivity contribution in [1.29, 1.82) is 0 Å². The third-order valence-corrected chi connectivity index (χ3v) is 3.30. The molecule has 1 atom stereocenters. The first-order chi connectivity index (χ1) is 7.69. The van der Waals surface area contributed by atoms with E-state index in [2.05, 4.69) is 31.0 Å². The summed E-state index contributed by atoms with van der Waals surface area (Å²) < 4.78 is 0. The van der Waals surface area contributed by atoms with Gasteiger partial charge >= 0.3 is 0 Å². The van der Waals surface area contributed by atoms with Crippen molar-refractivity contribution in [2.45, 2.75) is 52.5 Å². The summed E-state index contributed by atoms with van der Waals surface area (Å²) in [4.78, 5) is 14.4. The minimum Gasteiger partial charge on any atom is -0.340 e. The second-order valence-electron chi connectivity index (χ2n) is 4.91. The Morgan fingerprint density at radius 2 is 1.94 bits per heavy atom. The summed E-state index contributed by atoms with van der Waals surface area (Å²) in [6, 6.07) is 0.446. The van der Waals surface area contributed by atoms with Gasteiger partial charge in [0.25, 0.3) is 0 Å². The number of carbonyl (C=O) groups is 1. The van der Waals surface area contributed by atoms with Crippen LogP contribution in [0.15, 0.2) is 0 Å². The number of hydrogen-bond donors (Lipinski definition) is 1. The standard InChI is InChI=1S/C13H26N2O.ClH/c1-4-6-12(7-5-2)13(16)15-9-8-14-11(3)10-15;/h11-12,14H,4-10H2,1-3H3;1H/t11-;/m1./s1. The number of amides is 1. The van der Waals surface area contributed by atoms with Crippen LogP contribution in [-0.2, 0) is 4.79 Å². The van der Waals surface area contributed by atoms with Crippen LogP contribution in [0.25, 0.3) is 0 Å². The van der Waals surface area contributed by atoms with E-state index in [0.29, 0.717) is 11.9 Å². The Morgan fingerprint density at radius 3 is 2.41 bits per heavy atom. The number of carbonyl (C=O) groups excluding carboxylic acids is 1. The van der Waals surface area contributed by atoms with E-state index in [1.165, 1.54) is 0 Å². The average Bonchev–Trinajstić information content (AvgIpc) is 2.28. The maximum atomic E-state index is 12.3. The highest BCUT2D eigenvalue weighted by atomic mass is 35.5. The fourth-order valence-corrected chi connectivity index (χ4v) is 2.48. The molecule has 3 nitrogen and oxygen atoms in total. The van der Waals surface area contributed by atoms with Gasteiger partial charge in [-0.1, -0.05) is 26.7 Å². The fourth-order valence-electron chi connectivity index (χ4n) is 2.48. The van der Waals surface area contributed by atoms with Gasteiger partial charge in [-0.25, -0.2) is 0 Å². The van der Waals surface area contributed by atoms with Gasteiger partial charge in [0.15, 0.2) is 0 Å². The molecular formula is C13H27ClN2O. The normalized spacial score (nSPS) is 20.2. The Morgan fingerprint density at radius 1 is 1.35 bits per heavy atom. The number of nitrogens with zero attached hydrogens (tertiary/aromatic N) is 1. The van der Waals surface area contributed by atoms with Crippen LogP contribution in [0.2, 0.25) is 0 Å². The van der Waals surface area contributed by atoms with Crippen LogP contribution in [0.4, 0.5) is 0 Å². The van der Waals surface area contributed by atoms with Gasteiger partial charge in [-0.2, -0.15) is 0 Å². The number of halogens is 1. The van der Waals surface area contributed by atoms with E-state index < -0.39 is 0 Å². The van der Waals surface area contributed by atoms with Crippen LogP contribution in [0.1, 0.15) is 46.5 Å². The van der Waals surface area contributed by atoms with Gasteiger partial charge in [-0.3, -0.25) is 4.79 Å². The maximum Gasteiger partial charge on any atom is 0.225 e. The summed E-state index contributed by atoms with van der Waals surface area (Å²) >= 11 is 0. The third-order valence-electron chi connectivity index (χ3n) is 3.30. The molecule has 1 rings (SSSR count). The fraction of sp³-hybridized carbons (Fsp3) is 0.923. The zero-order valence-electron chi connectivity index (χ0n) is 11.4. The Balaban J connectivity index is 0.00000256. The second kappa shape index (κ2) is 8.76. The van der Waals surface area contributed by atoms with E-state index in [0.717, 1.165) is 45.3 Å². The molecule has 17 heavy (non-hydrogen) atoms. The molecule has 0 aromatic heterocycles. The Labute approximate surface area is 112 Å².